The molecular weight excluding hydrogens is 1350 g/mol. The number of nitrogens with zero attached hydrogens (tertiary/aromatic N) is 4. The second kappa shape index (κ2) is 25.3. The summed E-state index contributed by atoms with van der Waals surface area (Å²) in [6.45, 7) is 8.95. The molecule has 0 unspecified atom stereocenters. The van der Waals surface area contributed by atoms with Crippen LogP contribution in [0.25, 0.3) is 44.1 Å². The van der Waals surface area contributed by atoms with Gasteiger partial charge in [0.15, 0.2) is 46.0 Å². The molecule has 16 aromatic rings. The van der Waals surface area contributed by atoms with Gasteiger partial charge in [-0.1, -0.05) is 149 Å². The zero-order valence-corrected chi connectivity index (χ0v) is 59.8. The Bertz CT molecular complexity index is 5280. The number of hydrogen-bond acceptors (Lipinski definition) is 12. The van der Waals surface area contributed by atoms with Crippen LogP contribution in [0.15, 0.2) is 218 Å². The Morgan fingerprint density at radius 2 is 0.407 bits per heavy atom. The smallest absolute Gasteiger partial charge is 0.172 e. The first-order valence-electron chi connectivity index (χ1n) is 37.5. The third kappa shape index (κ3) is 11.0. The summed E-state index contributed by atoms with van der Waals surface area (Å²) in [6.07, 6.45) is 4.97. The van der Waals surface area contributed by atoms with Gasteiger partial charge in [-0.05, 0) is 72.2 Å². The third-order valence-electron chi connectivity index (χ3n) is 22.2. The van der Waals surface area contributed by atoms with Gasteiger partial charge in [0.05, 0.1) is 44.1 Å². The van der Waals surface area contributed by atoms with Gasteiger partial charge in [0, 0.05) is 167 Å². The lowest BCUT2D eigenvalue weighted by Crippen LogP contribution is -2.12. The van der Waals surface area contributed by atoms with E-state index in [0.29, 0.717) is 143 Å². The van der Waals surface area contributed by atoms with Crippen LogP contribution in [0.4, 0.5) is 0 Å². The van der Waals surface area contributed by atoms with Crippen LogP contribution in [0.3, 0.4) is 0 Å². The lowest BCUT2D eigenvalue weighted by atomic mass is 9.77. The number of imidazole rings is 4. The summed E-state index contributed by atoms with van der Waals surface area (Å²) < 4.78 is 60.7. The summed E-state index contributed by atoms with van der Waals surface area (Å²) >= 11 is 0. The molecule has 0 radical (unpaired) electrons. The number of nitrogens with one attached hydrogen (secondary N) is 4. The number of H-pyrrole nitrogens is 4. The third-order valence-corrected chi connectivity index (χ3v) is 22.2. The molecule has 0 saturated heterocycles. The predicted octanol–water partition coefficient (Wildman–Crippen LogP) is 23.6. The molecule has 0 fully saturated rings. The predicted molar refractivity (Wildman–Crippen MR) is 416 cm³/mol. The van der Waals surface area contributed by atoms with Crippen molar-refractivity contribution < 1.29 is 37.9 Å². The molecule has 4 aliphatic heterocycles. The lowest BCUT2D eigenvalue weighted by molar-refractivity contribution is 0.401. The van der Waals surface area contributed by atoms with Crippen molar-refractivity contribution in [1.29, 1.82) is 0 Å². The summed E-state index contributed by atoms with van der Waals surface area (Å²) in [5, 5.41) is 0. The molecule has 528 valence electrons. The van der Waals surface area contributed by atoms with Gasteiger partial charge in [0.25, 0.3) is 0 Å². The Labute approximate surface area is 621 Å². The van der Waals surface area contributed by atoms with E-state index in [2.05, 4.69) is 193 Å². The number of aromatic nitrogens is 8. The van der Waals surface area contributed by atoms with Crippen molar-refractivity contribution in [3.8, 4) is 92.0 Å². The summed E-state index contributed by atoms with van der Waals surface area (Å²) in [4.78, 5) is 35.5. The van der Waals surface area contributed by atoms with Crippen LogP contribution in [0.2, 0.25) is 0 Å². The van der Waals surface area contributed by atoms with Crippen molar-refractivity contribution >= 4 is 44.1 Å². The maximum Gasteiger partial charge on any atom is 0.172 e. The van der Waals surface area contributed by atoms with Crippen LogP contribution >= 0.6 is 0 Å². The van der Waals surface area contributed by atoms with E-state index >= 15 is 0 Å². The van der Waals surface area contributed by atoms with E-state index in [0.717, 1.165) is 134 Å². The Morgan fingerprint density at radius 1 is 0.222 bits per heavy atom. The first-order valence-corrected chi connectivity index (χ1v) is 37.5. The van der Waals surface area contributed by atoms with E-state index in [4.69, 9.17) is 57.8 Å². The number of ether oxygens (including phenoxy) is 8. The molecule has 5 aliphatic rings. The van der Waals surface area contributed by atoms with E-state index in [-0.39, 0.29) is 23.7 Å². The first-order chi connectivity index (χ1) is 53.1. The molecule has 16 nitrogen and oxygen atoms in total. The Balaban J connectivity index is 0.849. The Kier molecular flexibility index (Phi) is 14.9. The molecule has 16 heteroatoms. The van der Waals surface area contributed by atoms with Gasteiger partial charge in [0.1, 0.15) is 69.3 Å². The number of rotatable bonds is 12. The highest BCUT2D eigenvalue weighted by Gasteiger charge is 2.39. The number of aromatic amines is 4. The van der Waals surface area contributed by atoms with Crippen molar-refractivity contribution in [2.24, 2.45) is 0 Å². The Hall–Kier alpha value is -13.1. The fourth-order valence-corrected chi connectivity index (χ4v) is 17.1. The van der Waals surface area contributed by atoms with E-state index < -0.39 is 0 Å². The highest BCUT2D eigenvalue weighted by Crippen LogP contribution is 2.60. The normalized spacial score (nSPS) is 16.1. The maximum atomic E-state index is 7.59. The minimum absolute atomic E-state index is 0.335. The molecule has 0 amide bonds. The molecule has 8 bridgehead atoms. The summed E-state index contributed by atoms with van der Waals surface area (Å²) in [5.74, 6) is 10.5. The average molecular weight is 1420 g/mol. The summed E-state index contributed by atoms with van der Waals surface area (Å²) in [7, 11) is 0. The van der Waals surface area contributed by atoms with Crippen LogP contribution in [-0.4, -0.2) is 39.9 Å². The van der Waals surface area contributed by atoms with Crippen molar-refractivity contribution in [2.75, 3.05) is 0 Å². The fraction of sp³-hybridized carbons (Fsp3) is 0.174. The van der Waals surface area contributed by atoms with Crippen LogP contribution < -0.4 is 37.9 Å². The van der Waals surface area contributed by atoms with Crippen molar-refractivity contribution in [2.45, 2.75) is 103 Å². The van der Waals surface area contributed by atoms with Crippen molar-refractivity contribution in [1.82, 2.24) is 39.9 Å². The van der Waals surface area contributed by atoms with Gasteiger partial charge in [-0.3, -0.25) is 0 Å². The zero-order chi connectivity index (χ0) is 71.8. The van der Waals surface area contributed by atoms with Gasteiger partial charge >= 0.3 is 0 Å². The second-order valence-electron chi connectivity index (χ2n) is 29.0. The van der Waals surface area contributed by atoms with Gasteiger partial charge in [-0.15, -0.1) is 0 Å². The van der Waals surface area contributed by atoms with E-state index in [1.165, 1.54) is 0 Å². The van der Waals surface area contributed by atoms with Crippen LogP contribution in [-0.2, 0) is 25.7 Å². The molecular formula is C92H72N8O8. The van der Waals surface area contributed by atoms with E-state index in [9.17, 15) is 0 Å². The van der Waals surface area contributed by atoms with Gasteiger partial charge in [0.2, 0.25) is 0 Å². The van der Waals surface area contributed by atoms with Crippen LogP contribution in [0.5, 0.6) is 92.0 Å². The minimum Gasteiger partial charge on any atom is -0.453 e. The molecule has 21 rings (SSSR count). The molecule has 4 aromatic heterocycles. The largest absolute Gasteiger partial charge is 0.453 e. The van der Waals surface area contributed by atoms with Crippen LogP contribution in [0.1, 0.15) is 167 Å². The number of hydrogen-bond donors (Lipinski definition) is 4. The minimum atomic E-state index is -0.335. The average Bonchev–Trinajstić information content (AvgIpc) is 1.49. The molecule has 4 atom stereocenters. The standard InChI is InChI=1S/C92H72N8O8/c1-5-53-57-33-59-54(6-2)61-35-63-56(8-4)64-36-62-55(7-3)60-34-58(53)74-46-76(60)104-84-40-68-70(98-91(96-68)31-51-25-17-11-18-26-51)42-86(84)106-78(62)48-80(64)108-88-44-72-71(99-92(100-72)32-52-27-19-12-20-28-52)43-87(88)107-79(63)47-77(61)105-85-41-69-67(95-90(97-69)30-50-23-15-10-16-24-50)39-83(85)103-75(59)45-73(57)101-81-37-65-66(38-82(81)102-74)94-89(93-65)29-49-21-13-9-14-22-49/h9-28,33-48,53-56H,5-8,29-32H2,1-4H3,(H,93,94)(H,95,97)(H,96,98)(H,99,100)/t53-,54+,55-,56+. The molecule has 0 saturated carbocycles. The monoisotopic (exact) mass is 1420 g/mol. The molecule has 8 heterocycles. The molecule has 0 spiro atoms. The molecule has 4 N–H and O–H groups in total. The van der Waals surface area contributed by atoms with Crippen LogP contribution in [0, 0.1) is 0 Å². The number of fused-ring (bicyclic) bond motifs is 8. The quantitative estimate of drug-likeness (QED) is 0.0907. The lowest BCUT2D eigenvalue weighted by Gasteiger charge is -2.29. The second-order valence-corrected chi connectivity index (χ2v) is 29.0. The molecule has 1 aliphatic carbocycles. The van der Waals surface area contributed by atoms with E-state index in [1.54, 1.807) is 0 Å². The van der Waals surface area contributed by atoms with Gasteiger partial charge in [-0.25, -0.2) is 19.9 Å². The Morgan fingerprint density at radius 3 is 0.593 bits per heavy atom. The highest BCUT2D eigenvalue weighted by atomic mass is 16.5. The fourth-order valence-electron chi connectivity index (χ4n) is 17.1. The van der Waals surface area contributed by atoms with E-state index in [1.807, 2.05) is 72.8 Å². The zero-order valence-electron chi connectivity index (χ0n) is 59.8. The topological polar surface area (TPSA) is 189 Å². The first kappa shape index (κ1) is 63.4. The molecule has 108 heavy (non-hydrogen) atoms. The summed E-state index contributed by atoms with van der Waals surface area (Å²) in [6, 6.07) is 75.2. The van der Waals surface area contributed by atoms with Gasteiger partial charge in [-0.2, -0.15) is 0 Å². The van der Waals surface area contributed by atoms with Gasteiger partial charge < -0.3 is 57.8 Å². The molecule has 12 aromatic carbocycles. The van der Waals surface area contributed by atoms with Crippen molar-refractivity contribution in [3.05, 3.63) is 308 Å². The summed E-state index contributed by atoms with van der Waals surface area (Å²) in [5.41, 5.74) is 18.2. The van der Waals surface area contributed by atoms with Crippen molar-refractivity contribution in [3.63, 3.8) is 0 Å². The number of benzene rings is 12. The maximum absolute atomic E-state index is 7.59. The highest BCUT2D eigenvalue weighted by molar-refractivity contribution is 5.85. The SMILES string of the molecule is CC[C@H]1c2cc3c4cc2Oc2cc5nc(Cc6ccccc6)[nH]c5cc2Oc2cc5c(cc21)[C@H](CC)c1cc2c(cc1Oc1cc6[nH]c(Cc7ccccc7)nc6cc1O5)Oc1cc5nc(Cc6ccccc6)[nH]c5cc1Oc1cc(c(cc1[C@H]2CC)[C@@H]3CC)Oc1cc2nc(Cc3ccccc3)[nH]c2cc1O4.